The van der Waals surface area contributed by atoms with Crippen molar-refractivity contribution in [2.45, 2.75) is 18.8 Å². The van der Waals surface area contributed by atoms with Gasteiger partial charge in [0.15, 0.2) is 0 Å². The van der Waals surface area contributed by atoms with Gasteiger partial charge in [-0.3, -0.25) is 9.69 Å². The summed E-state index contributed by atoms with van der Waals surface area (Å²) in [7, 11) is 0. The van der Waals surface area contributed by atoms with Crippen LogP contribution in [0.1, 0.15) is 22.7 Å². The number of hydrogen-bond acceptors (Lipinski definition) is 4. The molecule has 0 saturated carbocycles. The molecule has 4 heteroatoms. The molecular weight excluding hydrogens is 348 g/mol. The standard InChI is InChI=1S/C24H24N2O2/c25-23-21(24(27)28-17-18-10-4-1-5-11-18)16-26(23)22(19-12-6-2-7-13-19)20-14-8-3-9-15-20/h1-15,21-23H,16-17,25H2/t21-,23-/m0/s1. The number of carbonyl (C=O) groups excluding carboxylic acids is 1. The molecule has 0 radical (unpaired) electrons. The number of rotatable bonds is 6. The van der Waals surface area contributed by atoms with Crippen molar-refractivity contribution in [2.75, 3.05) is 6.54 Å². The lowest BCUT2D eigenvalue weighted by Crippen LogP contribution is -2.64. The van der Waals surface area contributed by atoms with E-state index in [9.17, 15) is 4.79 Å². The lowest BCUT2D eigenvalue weighted by molar-refractivity contribution is -0.162. The number of nitrogens with zero attached hydrogens (tertiary/aromatic N) is 1. The summed E-state index contributed by atoms with van der Waals surface area (Å²) in [6, 6.07) is 30.3. The second-order valence-corrected chi connectivity index (χ2v) is 7.11. The number of benzene rings is 3. The number of esters is 1. The second kappa shape index (κ2) is 8.38. The molecule has 1 aliphatic heterocycles. The van der Waals surface area contributed by atoms with E-state index < -0.39 is 0 Å². The second-order valence-electron chi connectivity index (χ2n) is 7.11. The van der Waals surface area contributed by atoms with Gasteiger partial charge < -0.3 is 10.5 Å². The highest BCUT2D eigenvalue weighted by molar-refractivity contribution is 5.74. The maximum Gasteiger partial charge on any atom is 0.313 e. The minimum Gasteiger partial charge on any atom is -0.460 e. The van der Waals surface area contributed by atoms with Gasteiger partial charge in [0.25, 0.3) is 0 Å². The fourth-order valence-electron chi connectivity index (χ4n) is 3.72. The molecule has 0 aromatic heterocycles. The molecule has 0 amide bonds. The molecule has 1 aliphatic rings. The Hall–Kier alpha value is -2.95. The normalized spacial score (nSPS) is 19.2. The van der Waals surface area contributed by atoms with Crippen molar-refractivity contribution in [1.82, 2.24) is 4.90 Å². The molecule has 1 heterocycles. The van der Waals surface area contributed by atoms with Gasteiger partial charge in [-0.15, -0.1) is 0 Å². The van der Waals surface area contributed by atoms with Gasteiger partial charge in [-0.05, 0) is 16.7 Å². The summed E-state index contributed by atoms with van der Waals surface area (Å²) >= 11 is 0. The van der Waals surface area contributed by atoms with Crippen molar-refractivity contribution in [2.24, 2.45) is 11.7 Å². The van der Waals surface area contributed by atoms with E-state index in [4.69, 9.17) is 10.5 Å². The van der Waals surface area contributed by atoms with Crippen LogP contribution in [0.5, 0.6) is 0 Å². The highest BCUT2D eigenvalue weighted by Gasteiger charge is 2.46. The molecule has 0 spiro atoms. The molecule has 1 saturated heterocycles. The largest absolute Gasteiger partial charge is 0.460 e. The summed E-state index contributed by atoms with van der Waals surface area (Å²) in [5, 5.41) is 0. The third kappa shape index (κ3) is 3.84. The molecule has 4 rings (SSSR count). The first-order valence-corrected chi connectivity index (χ1v) is 9.56. The number of hydrogen-bond donors (Lipinski definition) is 1. The van der Waals surface area contributed by atoms with Crippen LogP contribution in [-0.4, -0.2) is 23.6 Å². The molecule has 2 atom stereocenters. The van der Waals surface area contributed by atoms with Gasteiger partial charge in [0.05, 0.1) is 18.1 Å². The Morgan fingerprint density at radius 3 is 1.89 bits per heavy atom. The van der Waals surface area contributed by atoms with Crippen molar-refractivity contribution < 1.29 is 9.53 Å². The third-order valence-electron chi connectivity index (χ3n) is 5.29. The van der Waals surface area contributed by atoms with Crippen LogP contribution >= 0.6 is 0 Å². The number of ether oxygens (including phenoxy) is 1. The van der Waals surface area contributed by atoms with Gasteiger partial charge in [-0.2, -0.15) is 0 Å². The molecule has 2 N–H and O–H groups in total. The molecule has 0 bridgehead atoms. The maximum atomic E-state index is 12.5. The predicted molar refractivity (Wildman–Crippen MR) is 109 cm³/mol. The van der Waals surface area contributed by atoms with Crippen molar-refractivity contribution >= 4 is 5.97 Å². The average Bonchev–Trinajstić information content (AvgIpc) is 2.76. The van der Waals surface area contributed by atoms with Crippen molar-refractivity contribution in [3.8, 4) is 0 Å². The Morgan fingerprint density at radius 2 is 1.39 bits per heavy atom. The van der Waals surface area contributed by atoms with Gasteiger partial charge >= 0.3 is 5.97 Å². The summed E-state index contributed by atoms with van der Waals surface area (Å²) in [4.78, 5) is 14.7. The highest BCUT2D eigenvalue weighted by Crippen LogP contribution is 2.37. The zero-order chi connectivity index (χ0) is 19.3. The summed E-state index contributed by atoms with van der Waals surface area (Å²) in [5.41, 5.74) is 9.75. The van der Waals surface area contributed by atoms with E-state index in [0.717, 1.165) is 5.56 Å². The van der Waals surface area contributed by atoms with Crippen molar-refractivity contribution in [1.29, 1.82) is 0 Å². The molecular formula is C24H24N2O2. The average molecular weight is 372 g/mol. The molecule has 4 nitrogen and oxygen atoms in total. The monoisotopic (exact) mass is 372 g/mol. The van der Waals surface area contributed by atoms with Crippen LogP contribution in [0.25, 0.3) is 0 Å². The Balaban J connectivity index is 1.46. The molecule has 0 aliphatic carbocycles. The van der Waals surface area contributed by atoms with Crippen LogP contribution in [0.15, 0.2) is 91.0 Å². The van der Waals surface area contributed by atoms with E-state index >= 15 is 0 Å². The zero-order valence-electron chi connectivity index (χ0n) is 15.6. The topological polar surface area (TPSA) is 55.6 Å². The summed E-state index contributed by atoms with van der Waals surface area (Å²) in [6.45, 7) is 0.868. The summed E-state index contributed by atoms with van der Waals surface area (Å²) in [5.74, 6) is -0.536. The Labute approximate surface area is 165 Å². The maximum absolute atomic E-state index is 12.5. The van der Waals surface area contributed by atoms with Crippen LogP contribution in [-0.2, 0) is 16.1 Å². The van der Waals surface area contributed by atoms with Gasteiger partial charge in [0.1, 0.15) is 6.61 Å². The molecule has 0 unspecified atom stereocenters. The van der Waals surface area contributed by atoms with Crippen LogP contribution in [0.4, 0.5) is 0 Å². The van der Waals surface area contributed by atoms with E-state index in [1.807, 2.05) is 66.7 Å². The van der Waals surface area contributed by atoms with Gasteiger partial charge in [-0.25, -0.2) is 0 Å². The first-order chi connectivity index (χ1) is 13.7. The van der Waals surface area contributed by atoms with Gasteiger partial charge in [0.2, 0.25) is 0 Å². The predicted octanol–water partition coefficient (Wildman–Crippen LogP) is 3.74. The van der Waals surface area contributed by atoms with Crippen LogP contribution in [0.3, 0.4) is 0 Å². The third-order valence-corrected chi connectivity index (χ3v) is 5.29. The first-order valence-electron chi connectivity index (χ1n) is 9.56. The Kier molecular flexibility index (Phi) is 5.51. The van der Waals surface area contributed by atoms with Crippen LogP contribution in [0.2, 0.25) is 0 Å². The fourth-order valence-corrected chi connectivity index (χ4v) is 3.72. The zero-order valence-corrected chi connectivity index (χ0v) is 15.6. The lowest BCUT2D eigenvalue weighted by atomic mass is 9.87. The highest BCUT2D eigenvalue weighted by atomic mass is 16.5. The summed E-state index contributed by atoms with van der Waals surface area (Å²) < 4.78 is 5.50. The van der Waals surface area contributed by atoms with E-state index in [-0.39, 0.29) is 30.7 Å². The quantitative estimate of drug-likeness (QED) is 0.670. The lowest BCUT2D eigenvalue weighted by Gasteiger charge is -2.49. The van der Waals surface area contributed by atoms with Crippen molar-refractivity contribution in [3.63, 3.8) is 0 Å². The molecule has 142 valence electrons. The Morgan fingerprint density at radius 1 is 0.893 bits per heavy atom. The van der Waals surface area contributed by atoms with E-state index in [1.165, 1.54) is 11.1 Å². The first kappa shape index (κ1) is 18.4. The number of nitrogens with two attached hydrogens (primary N) is 1. The van der Waals surface area contributed by atoms with Gasteiger partial charge in [-0.1, -0.05) is 91.0 Å². The fraction of sp³-hybridized carbons (Fsp3) is 0.208. The smallest absolute Gasteiger partial charge is 0.313 e. The van der Waals surface area contributed by atoms with E-state index in [0.29, 0.717) is 6.54 Å². The minimum atomic E-state index is -0.367. The molecule has 3 aromatic carbocycles. The minimum absolute atomic E-state index is 0.0237. The van der Waals surface area contributed by atoms with Gasteiger partial charge in [0, 0.05) is 6.54 Å². The SMILES string of the molecule is N[C@@H]1[C@@H](C(=O)OCc2ccccc2)CN1C(c1ccccc1)c1ccccc1. The Bertz CT molecular complexity index is 860. The van der Waals surface area contributed by atoms with Crippen LogP contribution < -0.4 is 5.73 Å². The molecule has 3 aromatic rings. The van der Waals surface area contributed by atoms with E-state index in [2.05, 4.69) is 29.2 Å². The van der Waals surface area contributed by atoms with Crippen LogP contribution in [0, 0.1) is 5.92 Å². The summed E-state index contributed by atoms with van der Waals surface area (Å²) in [6.07, 6.45) is -0.367. The number of likely N-dealkylation sites (tertiary alicyclic amines) is 1. The van der Waals surface area contributed by atoms with Crippen molar-refractivity contribution in [3.05, 3.63) is 108 Å². The van der Waals surface area contributed by atoms with E-state index in [1.54, 1.807) is 0 Å². The molecule has 1 fully saturated rings. The molecule has 28 heavy (non-hydrogen) atoms. The number of carbonyl (C=O) groups is 1.